The molecule has 14 heavy (non-hydrogen) atoms. The summed E-state index contributed by atoms with van der Waals surface area (Å²) in [6, 6.07) is 0.586. The molecule has 1 heterocycles. The molecule has 0 spiro atoms. The highest BCUT2D eigenvalue weighted by Crippen LogP contribution is 2.24. The van der Waals surface area contributed by atoms with Crippen LogP contribution in [0.15, 0.2) is 0 Å². The Morgan fingerprint density at radius 3 is 2.93 bits per heavy atom. The quantitative estimate of drug-likeness (QED) is 0.778. The second-order valence-corrected chi connectivity index (χ2v) is 5.33. The summed E-state index contributed by atoms with van der Waals surface area (Å²) in [7, 11) is 0. The van der Waals surface area contributed by atoms with Crippen LogP contribution >= 0.6 is 11.8 Å². The second kappa shape index (κ2) is 5.61. The molecule has 82 valence electrons. The van der Waals surface area contributed by atoms with E-state index in [9.17, 15) is 4.79 Å². The van der Waals surface area contributed by atoms with Gasteiger partial charge in [0, 0.05) is 30.0 Å². The molecule has 1 saturated heterocycles. The maximum absolute atomic E-state index is 10.4. The molecular formula is C10H19NO2S. The van der Waals surface area contributed by atoms with E-state index in [2.05, 4.69) is 18.7 Å². The third-order valence-corrected chi connectivity index (χ3v) is 4.19. The molecule has 1 aliphatic rings. The number of carboxylic acid groups (broad SMARTS) is 1. The van der Waals surface area contributed by atoms with Crippen LogP contribution in [0.25, 0.3) is 0 Å². The SMILES string of the molecule is CC1SCCN(CCCC(=O)O)C1C. The molecule has 0 aromatic carbocycles. The first-order valence-electron chi connectivity index (χ1n) is 5.18. The fraction of sp³-hybridized carbons (Fsp3) is 0.900. The molecular weight excluding hydrogens is 198 g/mol. The van der Waals surface area contributed by atoms with Gasteiger partial charge in [-0.15, -0.1) is 0 Å². The van der Waals surface area contributed by atoms with Gasteiger partial charge < -0.3 is 5.11 Å². The fourth-order valence-corrected chi connectivity index (χ4v) is 2.91. The topological polar surface area (TPSA) is 40.5 Å². The summed E-state index contributed by atoms with van der Waals surface area (Å²) in [5.41, 5.74) is 0. The molecule has 1 rings (SSSR count). The van der Waals surface area contributed by atoms with Crippen molar-refractivity contribution in [3.05, 3.63) is 0 Å². The maximum Gasteiger partial charge on any atom is 0.303 e. The lowest BCUT2D eigenvalue weighted by Crippen LogP contribution is -2.45. The number of rotatable bonds is 4. The lowest BCUT2D eigenvalue weighted by Gasteiger charge is -2.37. The van der Waals surface area contributed by atoms with Crippen molar-refractivity contribution in [3.63, 3.8) is 0 Å². The van der Waals surface area contributed by atoms with Crippen LogP contribution in [-0.2, 0) is 4.79 Å². The minimum atomic E-state index is -0.683. The number of thioether (sulfide) groups is 1. The van der Waals surface area contributed by atoms with Gasteiger partial charge in [0.05, 0.1) is 0 Å². The molecule has 1 N–H and O–H groups in total. The van der Waals surface area contributed by atoms with Crippen LogP contribution in [0.2, 0.25) is 0 Å². The minimum Gasteiger partial charge on any atom is -0.481 e. The van der Waals surface area contributed by atoms with Gasteiger partial charge in [-0.3, -0.25) is 9.69 Å². The maximum atomic E-state index is 10.4. The molecule has 0 bridgehead atoms. The summed E-state index contributed by atoms with van der Waals surface area (Å²) in [4.78, 5) is 12.8. The third-order valence-electron chi connectivity index (χ3n) is 2.85. The van der Waals surface area contributed by atoms with Crippen molar-refractivity contribution >= 4 is 17.7 Å². The Balaban J connectivity index is 2.25. The molecule has 2 unspecified atom stereocenters. The van der Waals surface area contributed by atoms with Gasteiger partial charge >= 0.3 is 5.97 Å². The van der Waals surface area contributed by atoms with E-state index < -0.39 is 5.97 Å². The van der Waals surface area contributed by atoms with Crippen molar-refractivity contribution in [1.82, 2.24) is 4.90 Å². The van der Waals surface area contributed by atoms with E-state index in [0.29, 0.717) is 17.7 Å². The Morgan fingerprint density at radius 1 is 1.57 bits per heavy atom. The van der Waals surface area contributed by atoms with Gasteiger partial charge in [0.15, 0.2) is 0 Å². The highest BCUT2D eigenvalue weighted by atomic mass is 32.2. The normalized spacial score (nSPS) is 29.0. The monoisotopic (exact) mass is 217 g/mol. The largest absolute Gasteiger partial charge is 0.481 e. The summed E-state index contributed by atoms with van der Waals surface area (Å²) >= 11 is 2.01. The lowest BCUT2D eigenvalue weighted by molar-refractivity contribution is -0.137. The van der Waals surface area contributed by atoms with Crippen LogP contribution in [0.1, 0.15) is 26.7 Å². The average Bonchev–Trinajstić information content (AvgIpc) is 2.12. The zero-order valence-corrected chi connectivity index (χ0v) is 9.72. The Labute approximate surface area is 89.9 Å². The van der Waals surface area contributed by atoms with E-state index in [4.69, 9.17) is 5.11 Å². The van der Waals surface area contributed by atoms with Gasteiger partial charge in [0.1, 0.15) is 0 Å². The average molecular weight is 217 g/mol. The summed E-state index contributed by atoms with van der Waals surface area (Å²) in [6.45, 7) is 6.52. The van der Waals surface area contributed by atoms with Crippen LogP contribution in [0.4, 0.5) is 0 Å². The van der Waals surface area contributed by atoms with E-state index in [1.165, 1.54) is 5.75 Å². The van der Waals surface area contributed by atoms with Gasteiger partial charge in [0.2, 0.25) is 0 Å². The molecule has 0 aromatic heterocycles. The first-order chi connectivity index (χ1) is 6.61. The summed E-state index contributed by atoms with van der Waals surface area (Å²) in [5, 5.41) is 9.21. The second-order valence-electron chi connectivity index (χ2n) is 3.85. The predicted molar refractivity (Wildman–Crippen MR) is 59.8 cm³/mol. The smallest absolute Gasteiger partial charge is 0.303 e. The van der Waals surface area contributed by atoms with Crippen molar-refractivity contribution in [2.75, 3.05) is 18.8 Å². The van der Waals surface area contributed by atoms with Gasteiger partial charge in [-0.2, -0.15) is 11.8 Å². The molecule has 1 aliphatic heterocycles. The van der Waals surface area contributed by atoms with Crippen LogP contribution < -0.4 is 0 Å². The molecule has 1 fully saturated rings. The number of hydrogen-bond acceptors (Lipinski definition) is 3. The molecule has 0 radical (unpaired) electrons. The first kappa shape index (κ1) is 11.9. The molecule has 4 heteroatoms. The van der Waals surface area contributed by atoms with E-state index >= 15 is 0 Å². The van der Waals surface area contributed by atoms with Crippen molar-refractivity contribution in [2.45, 2.75) is 38.0 Å². The van der Waals surface area contributed by atoms with E-state index in [1.54, 1.807) is 0 Å². The molecule has 0 aliphatic carbocycles. The van der Waals surface area contributed by atoms with Crippen LogP contribution in [0.3, 0.4) is 0 Å². The summed E-state index contributed by atoms with van der Waals surface area (Å²) in [6.07, 6.45) is 1.07. The first-order valence-corrected chi connectivity index (χ1v) is 6.23. The molecule has 2 atom stereocenters. The minimum absolute atomic E-state index is 0.296. The van der Waals surface area contributed by atoms with E-state index in [1.807, 2.05) is 11.8 Å². The van der Waals surface area contributed by atoms with Crippen molar-refractivity contribution in [1.29, 1.82) is 0 Å². The Morgan fingerprint density at radius 2 is 2.29 bits per heavy atom. The standard InChI is InChI=1S/C10H19NO2S/c1-8-9(2)14-7-6-11(8)5-3-4-10(12)13/h8-9H,3-7H2,1-2H3,(H,12,13). The van der Waals surface area contributed by atoms with E-state index in [-0.39, 0.29) is 0 Å². The lowest BCUT2D eigenvalue weighted by atomic mass is 10.2. The van der Waals surface area contributed by atoms with Gasteiger partial charge in [-0.1, -0.05) is 6.92 Å². The number of carbonyl (C=O) groups is 1. The molecule has 3 nitrogen and oxygen atoms in total. The van der Waals surface area contributed by atoms with Crippen LogP contribution in [0, 0.1) is 0 Å². The van der Waals surface area contributed by atoms with Crippen molar-refractivity contribution in [3.8, 4) is 0 Å². The van der Waals surface area contributed by atoms with Gasteiger partial charge in [-0.25, -0.2) is 0 Å². The zero-order valence-electron chi connectivity index (χ0n) is 8.90. The van der Waals surface area contributed by atoms with Crippen LogP contribution in [-0.4, -0.2) is 46.1 Å². The van der Waals surface area contributed by atoms with Gasteiger partial charge in [0.25, 0.3) is 0 Å². The van der Waals surface area contributed by atoms with Crippen LogP contribution in [0.5, 0.6) is 0 Å². The molecule has 0 amide bonds. The van der Waals surface area contributed by atoms with Crippen molar-refractivity contribution in [2.24, 2.45) is 0 Å². The Kier molecular flexibility index (Phi) is 4.75. The zero-order chi connectivity index (χ0) is 10.6. The number of hydrogen-bond donors (Lipinski definition) is 1. The predicted octanol–water partition coefficient (Wildman–Crippen LogP) is 1.68. The summed E-state index contributed by atoms with van der Waals surface area (Å²) in [5.74, 6) is 0.496. The molecule has 0 aromatic rings. The van der Waals surface area contributed by atoms with Gasteiger partial charge in [-0.05, 0) is 19.9 Å². The van der Waals surface area contributed by atoms with Crippen molar-refractivity contribution < 1.29 is 9.90 Å². The molecule has 0 saturated carbocycles. The highest BCUT2D eigenvalue weighted by molar-refractivity contribution is 8.00. The number of aliphatic carboxylic acids is 1. The van der Waals surface area contributed by atoms with E-state index in [0.717, 1.165) is 19.5 Å². The Hall–Kier alpha value is -0.220. The highest BCUT2D eigenvalue weighted by Gasteiger charge is 2.24. The number of carboxylic acids is 1. The number of nitrogens with zero attached hydrogens (tertiary/aromatic N) is 1. The Bertz CT molecular complexity index is 199. The fourth-order valence-electron chi connectivity index (χ4n) is 1.74. The summed E-state index contributed by atoms with van der Waals surface area (Å²) < 4.78 is 0. The third kappa shape index (κ3) is 3.50.